The number of fused-ring (bicyclic) bond motifs is 1. The highest BCUT2D eigenvalue weighted by molar-refractivity contribution is 6.30. The second-order valence-corrected chi connectivity index (χ2v) is 7.50. The van der Waals surface area contributed by atoms with E-state index in [1.807, 2.05) is 72.8 Å². The first-order valence-electron chi connectivity index (χ1n) is 10.2. The third-order valence-corrected chi connectivity index (χ3v) is 5.41. The summed E-state index contributed by atoms with van der Waals surface area (Å²) in [6.45, 7) is 0.648. The van der Waals surface area contributed by atoms with E-state index in [2.05, 4.69) is 9.97 Å². The van der Waals surface area contributed by atoms with Crippen molar-refractivity contribution >= 4 is 28.1 Å². The van der Waals surface area contributed by atoms with Gasteiger partial charge in [-0.05, 0) is 29.8 Å². The number of methoxy groups -OCH3 is 1. The minimum absolute atomic E-state index is 0.0941. The van der Waals surface area contributed by atoms with E-state index in [0.29, 0.717) is 29.5 Å². The smallest absolute Gasteiger partial charge is 0.145 e. The molecule has 0 unspecified atom stereocenters. The van der Waals surface area contributed by atoms with Crippen molar-refractivity contribution in [2.24, 2.45) is 0 Å². The molecule has 0 saturated heterocycles. The van der Waals surface area contributed by atoms with Gasteiger partial charge in [-0.2, -0.15) is 0 Å². The number of benzene rings is 3. The van der Waals surface area contributed by atoms with E-state index in [1.54, 1.807) is 12.0 Å². The molecule has 0 atom stereocenters. The predicted molar refractivity (Wildman–Crippen MR) is 124 cm³/mol. The molecule has 0 aliphatic carbocycles. The minimum atomic E-state index is 0.0941. The lowest BCUT2D eigenvalue weighted by Crippen LogP contribution is -2.26. The Morgan fingerprint density at radius 3 is 2.69 bits per heavy atom. The van der Waals surface area contributed by atoms with Gasteiger partial charge in [-0.1, -0.05) is 36.4 Å². The molecule has 32 heavy (non-hydrogen) atoms. The molecule has 0 bridgehead atoms. The van der Waals surface area contributed by atoms with Crippen LogP contribution in [0.4, 0.5) is 5.69 Å². The first-order valence-corrected chi connectivity index (χ1v) is 10.2. The van der Waals surface area contributed by atoms with Crippen molar-refractivity contribution < 1.29 is 14.6 Å². The predicted octanol–water partition coefficient (Wildman–Crippen LogP) is 4.92. The molecule has 160 valence electrons. The summed E-state index contributed by atoms with van der Waals surface area (Å²) in [5.74, 6) is 2.13. The van der Waals surface area contributed by atoms with Crippen LogP contribution in [0.25, 0.3) is 16.6 Å². The van der Waals surface area contributed by atoms with Crippen molar-refractivity contribution in [1.29, 1.82) is 5.41 Å². The van der Waals surface area contributed by atoms with Crippen LogP contribution in [0, 0.1) is 5.41 Å². The summed E-state index contributed by atoms with van der Waals surface area (Å²) in [6.07, 6.45) is 0. The van der Waals surface area contributed by atoms with Crippen LogP contribution >= 0.6 is 0 Å². The Morgan fingerprint density at radius 1 is 1.03 bits per heavy atom. The van der Waals surface area contributed by atoms with Crippen molar-refractivity contribution in [3.05, 3.63) is 89.9 Å². The molecule has 0 saturated carbocycles. The zero-order valence-electron chi connectivity index (χ0n) is 17.5. The average Bonchev–Trinajstić information content (AvgIpc) is 3.37. The second-order valence-electron chi connectivity index (χ2n) is 7.50. The Labute approximate surface area is 185 Å². The van der Waals surface area contributed by atoms with Crippen molar-refractivity contribution in [3.63, 3.8) is 0 Å². The fraction of sp³-hybridized carbons (Fsp3) is 0.120. The number of rotatable bonds is 6. The molecule has 7 nitrogen and oxygen atoms in total. The molecule has 0 fully saturated rings. The molecule has 1 aromatic heterocycles. The lowest BCUT2D eigenvalue weighted by atomic mass is 10.2. The highest BCUT2D eigenvalue weighted by atomic mass is 16.5. The number of H-pyrrole nitrogens is 1. The monoisotopic (exact) mass is 426 g/mol. The van der Waals surface area contributed by atoms with Crippen LogP contribution in [0.2, 0.25) is 0 Å². The van der Waals surface area contributed by atoms with Crippen molar-refractivity contribution in [3.8, 4) is 11.5 Å². The normalized spacial score (nSPS) is 13.8. The van der Waals surface area contributed by atoms with Crippen molar-refractivity contribution in [2.45, 2.75) is 6.61 Å². The standard InChI is InChI=1S/C25H22N4O3/c1-31-18-10-11-20-21(13-18)28-25(27-20)23-22(30)14-29(24(23)26)17-8-5-9-19(12-17)32-15-16-6-3-2-4-7-16/h2-13,26,30H,14-15H2,1H3,(H,27,28). The van der Waals surface area contributed by atoms with Crippen LogP contribution in [-0.2, 0) is 6.61 Å². The first-order chi connectivity index (χ1) is 15.6. The zero-order chi connectivity index (χ0) is 22.1. The van der Waals surface area contributed by atoms with Gasteiger partial charge in [0.1, 0.15) is 35.5 Å². The summed E-state index contributed by atoms with van der Waals surface area (Å²) in [6, 6.07) is 23.0. The third kappa shape index (κ3) is 3.65. The molecule has 0 spiro atoms. The van der Waals surface area contributed by atoms with Gasteiger partial charge in [0.2, 0.25) is 0 Å². The van der Waals surface area contributed by atoms with E-state index in [4.69, 9.17) is 14.9 Å². The number of aromatic nitrogens is 2. The highest BCUT2D eigenvalue weighted by Crippen LogP contribution is 2.33. The van der Waals surface area contributed by atoms with E-state index >= 15 is 0 Å². The largest absolute Gasteiger partial charge is 0.509 e. The van der Waals surface area contributed by atoms with Gasteiger partial charge in [0.15, 0.2) is 0 Å². The number of amidine groups is 1. The SMILES string of the molecule is COc1ccc2nc(C3=C(O)CN(c4cccc(OCc5ccccc5)c4)C3=N)[nH]c2c1. The fourth-order valence-electron chi connectivity index (χ4n) is 3.76. The number of anilines is 1. The van der Waals surface area contributed by atoms with Crippen LogP contribution in [0.15, 0.2) is 78.6 Å². The van der Waals surface area contributed by atoms with Crippen LogP contribution < -0.4 is 14.4 Å². The van der Waals surface area contributed by atoms with Gasteiger partial charge in [0, 0.05) is 17.8 Å². The minimum Gasteiger partial charge on any atom is -0.509 e. The molecule has 7 heteroatoms. The number of aliphatic hydroxyl groups is 1. The number of hydrogen-bond donors (Lipinski definition) is 3. The maximum atomic E-state index is 10.7. The number of aromatic amines is 1. The number of ether oxygens (including phenoxy) is 2. The van der Waals surface area contributed by atoms with Gasteiger partial charge in [-0.25, -0.2) is 4.98 Å². The Kier molecular flexibility index (Phi) is 4.99. The van der Waals surface area contributed by atoms with Crippen molar-refractivity contribution in [2.75, 3.05) is 18.6 Å². The van der Waals surface area contributed by atoms with Gasteiger partial charge in [0.25, 0.3) is 0 Å². The van der Waals surface area contributed by atoms with Crippen molar-refractivity contribution in [1.82, 2.24) is 9.97 Å². The van der Waals surface area contributed by atoms with Crippen LogP contribution in [-0.4, -0.2) is 34.6 Å². The van der Waals surface area contributed by atoms with E-state index in [1.165, 1.54) is 0 Å². The van der Waals surface area contributed by atoms with Gasteiger partial charge >= 0.3 is 0 Å². The van der Waals surface area contributed by atoms with E-state index < -0.39 is 0 Å². The molecule has 3 N–H and O–H groups in total. The Balaban J connectivity index is 1.37. The van der Waals surface area contributed by atoms with E-state index in [-0.39, 0.29) is 18.1 Å². The Bertz CT molecular complexity index is 1330. The highest BCUT2D eigenvalue weighted by Gasteiger charge is 2.31. The number of hydrogen-bond acceptors (Lipinski definition) is 5. The molecule has 1 aliphatic rings. The maximum absolute atomic E-state index is 10.7. The molecule has 0 radical (unpaired) electrons. The summed E-state index contributed by atoms with van der Waals surface area (Å²) in [4.78, 5) is 9.48. The Hall–Kier alpha value is -4.26. The summed E-state index contributed by atoms with van der Waals surface area (Å²) in [5, 5.41) is 19.4. The molecular weight excluding hydrogens is 404 g/mol. The average molecular weight is 426 g/mol. The lowest BCUT2D eigenvalue weighted by molar-refractivity contribution is 0.306. The quantitative estimate of drug-likeness (QED) is 0.407. The molecule has 0 amide bonds. The number of nitrogens with one attached hydrogen (secondary N) is 2. The molecule has 2 heterocycles. The van der Waals surface area contributed by atoms with Gasteiger partial charge in [0.05, 0.1) is 30.3 Å². The number of nitrogens with zero attached hydrogens (tertiary/aromatic N) is 2. The molecule has 3 aromatic carbocycles. The number of aliphatic hydroxyl groups excluding tert-OH is 1. The third-order valence-electron chi connectivity index (χ3n) is 5.41. The molecule has 5 rings (SSSR count). The second kappa shape index (κ2) is 8.11. The topological polar surface area (TPSA) is 94.5 Å². The van der Waals surface area contributed by atoms with Crippen LogP contribution in [0.5, 0.6) is 11.5 Å². The van der Waals surface area contributed by atoms with Gasteiger partial charge in [-0.3, -0.25) is 5.41 Å². The summed E-state index contributed by atoms with van der Waals surface area (Å²) < 4.78 is 11.2. The molecular formula is C25H22N4O3. The number of imidazole rings is 1. The van der Waals surface area contributed by atoms with Gasteiger partial charge < -0.3 is 24.5 Å². The van der Waals surface area contributed by atoms with Gasteiger partial charge in [-0.15, -0.1) is 0 Å². The van der Waals surface area contributed by atoms with E-state index in [9.17, 15) is 5.11 Å². The summed E-state index contributed by atoms with van der Waals surface area (Å²) in [7, 11) is 1.61. The van der Waals surface area contributed by atoms with Crippen LogP contribution in [0.3, 0.4) is 0 Å². The fourth-order valence-corrected chi connectivity index (χ4v) is 3.76. The summed E-state index contributed by atoms with van der Waals surface area (Å²) in [5.41, 5.74) is 3.75. The van der Waals surface area contributed by atoms with E-state index in [0.717, 1.165) is 22.3 Å². The molecule has 4 aromatic rings. The Morgan fingerprint density at radius 2 is 1.88 bits per heavy atom. The van der Waals surface area contributed by atoms with Crippen LogP contribution in [0.1, 0.15) is 11.4 Å². The first kappa shape index (κ1) is 19.7. The maximum Gasteiger partial charge on any atom is 0.145 e. The summed E-state index contributed by atoms with van der Waals surface area (Å²) >= 11 is 0. The zero-order valence-corrected chi connectivity index (χ0v) is 17.5. The molecule has 1 aliphatic heterocycles. The lowest BCUT2D eigenvalue weighted by Gasteiger charge is -2.19.